The molecule has 0 saturated carbocycles. The first-order valence-corrected chi connectivity index (χ1v) is 11.1. The summed E-state index contributed by atoms with van der Waals surface area (Å²) >= 11 is 0. The number of methoxy groups -OCH3 is 1. The smallest absolute Gasteiger partial charge is 0.271 e. The molecule has 9 nitrogen and oxygen atoms in total. The number of ether oxygens (including phenoxy) is 1. The maximum absolute atomic E-state index is 12.5. The summed E-state index contributed by atoms with van der Waals surface area (Å²) in [6.07, 6.45) is 3.97. The van der Waals surface area contributed by atoms with Gasteiger partial charge in [-0.2, -0.15) is 5.10 Å². The van der Waals surface area contributed by atoms with E-state index in [-0.39, 0.29) is 11.6 Å². The molecule has 9 heteroatoms. The quantitative estimate of drug-likeness (QED) is 0.320. The molecule has 1 fully saturated rings. The number of amides is 1. The van der Waals surface area contributed by atoms with Gasteiger partial charge in [0.2, 0.25) is 0 Å². The van der Waals surface area contributed by atoms with Gasteiger partial charge >= 0.3 is 0 Å². The fourth-order valence-electron chi connectivity index (χ4n) is 4.28. The number of benzene rings is 2. The van der Waals surface area contributed by atoms with Crippen molar-refractivity contribution in [3.63, 3.8) is 0 Å². The van der Waals surface area contributed by atoms with Gasteiger partial charge in [0.15, 0.2) is 0 Å². The van der Waals surface area contributed by atoms with E-state index in [1.165, 1.54) is 32.1 Å². The number of aromatic nitrogens is 1. The first kappa shape index (κ1) is 23.0. The summed E-state index contributed by atoms with van der Waals surface area (Å²) in [5.41, 5.74) is 7.20. The van der Waals surface area contributed by atoms with Crippen molar-refractivity contribution in [1.29, 1.82) is 0 Å². The highest BCUT2D eigenvalue weighted by atomic mass is 16.6. The average molecular weight is 462 g/mol. The molecule has 1 amide bonds. The molecule has 0 bridgehead atoms. The van der Waals surface area contributed by atoms with Gasteiger partial charge in [-0.25, -0.2) is 5.43 Å². The maximum Gasteiger partial charge on any atom is 0.271 e. The Morgan fingerprint density at radius 2 is 1.82 bits per heavy atom. The van der Waals surface area contributed by atoms with Crippen molar-refractivity contribution < 1.29 is 14.5 Å². The van der Waals surface area contributed by atoms with Crippen LogP contribution >= 0.6 is 0 Å². The largest absolute Gasteiger partial charge is 0.495 e. The van der Waals surface area contributed by atoms with Crippen LogP contribution in [0.2, 0.25) is 0 Å². The Hall–Kier alpha value is -4.14. The third kappa shape index (κ3) is 4.63. The number of hydrogen-bond donors (Lipinski definition) is 1. The summed E-state index contributed by atoms with van der Waals surface area (Å²) in [7, 11) is 1.52. The molecule has 34 heavy (non-hydrogen) atoms. The van der Waals surface area contributed by atoms with Gasteiger partial charge in [0.05, 0.1) is 23.9 Å². The first-order chi connectivity index (χ1) is 16.4. The van der Waals surface area contributed by atoms with Gasteiger partial charge in [0.1, 0.15) is 5.75 Å². The lowest BCUT2D eigenvalue weighted by Crippen LogP contribution is -2.19. The second kappa shape index (κ2) is 9.78. The minimum Gasteiger partial charge on any atom is -0.495 e. The molecule has 4 rings (SSSR count). The van der Waals surface area contributed by atoms with Gasteiger partial charge < -0.3 is 14.2 Å². The number of carbonyl (C=O) groups excluding carboxylic acids is 1. The van der Waals surface area contributed by atoms with E-state index in [0.717, 1.165) is 35.7 Å². The lowest BCUT2D eigenvalue weighted by Gasteiger charge is -2.17. The van der Waals surface area contributed by atoms with E-state index < -0.39 is 4.92 Å². The number of rotatable bonds is 7. The van der Waals surface area contributed by atoms with Crippen molar-refractivity contribution in [3.05, 3.63) is 81.2 Å². The summed E-state index contributed by atoms with van der Waals surface area (Å²) < 4.78 is 7.29. The molecular weight excluding hydrogens is 434 g/mol. The Kier molecular flexibility index (Phi) is 6.62. The predicted octanol–water partition coefficient (Wildman–Crippen LogP) is 4.38. The molecule has 176 valence electrons. The highest BCUT2D eigenvalue weighted by Gasteiger charge is 2.18. The van der Waals surface area contributed by atoms with Crippen molar-refractivity contribution in [3.8, 4) is 11.4 Å². The minimum absolute atomic E-state index is 0.0264. The van der Waals surface area contributed by atoms with Crippen LogP contribution in [0.1, 0.15) is 40.2 Å². The molecule has 0 aliphatic carbocycles. The highest BCUT2D eigenvalue weighted by molar-refractivity contribution is 5.95. The van der Waals surface area contributed by atoms with Crippen molar-refractivity contribution in [2.45, 2.75) is 26.7 Å². The summed E-state index contributed by atoms with van der Waals surface area (Å²) in [4.78, 5) is 25.6. The van der Waals surface area contributed by atoms with E-state index in [4.69, 9.17) is 4.74 Å². The SMILES string of the molecule is COc1ccc([N+](=O)[O-])cc1-n1c(C)cc(/C=N\NC(=O)c2ccc(N3CCCC3)cc2)c1C. The van der Waals surface area contributed by atoms with E-state index in [0.29, 0.717) is 17.0 Å². The summed E-state index contributed by atoms with van der Waals surface area (Å²) in [6, 6.07) is 13.9. The Balaban J connectivity index is 1.51. The number of anilines is 1. The molecule has 1 aliphatic rings. The van der Waals surface area contributed by atoms with Crippen LogP contribution in [-0.4, -0.2) is 41.8 Å². The highest BCUT2D eigenvalue weighted by Crippen LogP contribution is 2.31. The lowest BCUT2D eigenvalue weighted by atomic mass is 10.2. The maximum atomic E-state index is 12.5. The average Bonchev–Trinajstić information content (AvgIpc) is 3.47. The molecule has 1 saturated heterocycles. The van der Waals surface area contributed by atoms with Gasteiger partial charge in [-0.05, 0) is 63.1 Å². The third-order valence-electron chi connectivity index (χ3n) is 6.05. The molecule has 0 radical (unpaired) electrons. The minimum atomic E-state index is -0.438. The number of carbonyl (C=O) groups is 1. The van der Waals surface area contributed by atoms with Gasteiger partial charge in [-0.1, -0.05) is 0 Å². The van der Waals surface area contributed by atoms with Gasteiger partial charge in [-0.3, -0.25) is 14.9 Å². The molecule has 1 aromatic heterocycles. The Morgan fingerprint density at radius 3 is 2.47 bits per heavy atom. The number of hydrazone groups is 1. The molecule has 0 unspecified atom stereocenters. The Labute approximate surface area is 197 Å². The van der Waals surface area contributed by atoms with Crippen LogP contribution in [0.25, 0.3) is 5.69 Å². The van der Waals surface area contributed by atoms with Gasteiger partial charge in [0.25, 0.3) is 11.6 Å². The predicted molar refractivity (Wildman–Crippen MR) is 131 cm³/mol. The summed E-state index contributed by atoms with van der Waals surface area (Å²) in [6.45, 7) is 5.88. The molecule has 0 spiro atoms. The topological polar surface area (TPSA) is 102 Å². The molecular formula is C25H27N5O4. The van der Waals surface area contributed by atoms with E-state index >= 15 is 0 Å². The number of nitrogens with one attached hydrogen (secondary N) is 1. The Bertz CT molecular complexity index is 1240. The van der Waals surface area contributed by atoms with Crippen LogP contribution in [0.15, 0.2) is 53.6 Å². The van der Waals surface area contributed by atoms with Crippen molar-refractivity contribution in [1.82, 2.24) is 9.99 Å². The second-order valence-electron chi connectivity index (χ2n) is 8.22. The van der Waals surface area contributed by atoms with Crippen LogP contribution < -0.4 is 15.1 Å². The van der Waals surface area contributed by atoms with Crippen molar-refractivity contribution in [2.75, 3.05) is 25.1 Å². The monoisotopic (exact) mass is 461 g/mol. The van der Waals surface area contributed by atoms with Crippen molar-refractivity contribution in [2.24, 2.45) is 5.10 Å². The molecule has 0 atom stereocenters. The standard InChI is InChI=1S/C25H27N5O4/c1-17-14-20(18(2)29(17)23-15-22(30(32)33)10-11-24(23)34-3)16-26-27-25(31)19-6-8-21(9-7-19)28-12-4-5-13-28/h6-11,14-16H,4-5,12-13H2,1-3H3,(H,27,31)/b26-16-. The number of nitrogens with zero attached hydrogens (tertiary/aromatic N) is 4. The van der Waals surface area contributed by atoms with Crippen LogP contribution in [0.4, 0.5) is 11.4 Å². The second-order valence-corrected chi connectivity index (χ2v) is 8.22. The molecule has 3 aromatic rings. The van der Waals surface area contributed by atoms with Crippen LogP contribution in [-0.2, 0) is 0 Å². The zero-order chi connectivity index (χ0) is 24.2. The zero-order valence-electron chi connectivity index (χ0n) is 19.4. The van der Waals surface area contributed by atoms with E-state index in [2.05, 4.69) is 15.4 Å². The number of aryl methyl sites for hydroxylation is 1. The molecule has 2 aromatic carbocycles. The zero-order valence-corrected chi connectivity index (χ0v) is 19.4. The first-order valence-electron chi connectivity index (χ1n) is 11.1. The number of non-ortho nitro benzene ring substituents is 1. The molecule has 1 N–H and O–H groups in total. The Morgan fingerprint density at radius 1 is 1.12 bits per heavy atom. The molecule has 2 heterocycles. The fraction of sp³-hybridized carbons (Fsp3) is 0.280. The van der Waals surface area contributed by atoms with Crippen molar-refractivity contribution >= 4 is 23.5 Å². The van der Waals surface area contributed by atoms with Crippen LogP contribution in [0, 0.1) is 24.0 Å². The number of nitro benzene ring substituents is 1. The third-order valence-corrected chi connectivity index (χ3v) is 6.05. The van der Waals surface area contributed by atoms with Gasteiger partial charge in [-0.15, -0.1) is 0 Å². The van der Waals surface area contributed by atoms with E-state index in [1.807, 2.05) is 36.6 Å². The van der Waals surface area contributed by atoms with E-state index in [9.17, 15) is 14.9 Å². The fourth-order valence-corrected chi connectivity index (χ4v) is 4.28. The lowest BCUT2D eigenvalue weighted by molar-refractivity contribution is -0.384. The summed E-state index contributed by atoms with van der Waals surface area (Å²) in [5, 5.41) is 15.4. The number of hydrogen-bond acceptors (Lipinski definition) is 6. The van der Waals surface area contributed by atoms with Gasteiger partial charge in [0, 0.05) is 53.4 Å². The molecule has 1 aliphatic heterocycles. The normalized spacial score (nSPS) is 13.4. The number of nitro groups is 1. The summed E-state index contributed by atoms with van der Waals surface area (Å²) in [5.74, 6) is 0.222. The van der Waals surface area contributed by atoms with E-state index in [1.54, 1.807) is 24.4 Å². The van der Waals surface area contributed by atoms with Crippen LogP contribution in [0.5, 0.6) is 5.75 Å². The van der Waals surface area contributed by atoms with Crippen LogP contribution in [0.3, 0.4) is 0 Å².